The molecule has 2 aliphatic heterocycles. The summed E-state index contributed by atoms with van der Waals surface area (Å²) in [5.74, 6) is 0.634. The SMILES string of the molecule is CC(C)CN1CCC[C@]2(CCN(S(=O)(=O)c3ccc(C#N)cc3)C2)C1. The van der Waals surface area contributed by atoms with Crippen LogP contribution in [0.2, 0.25) is 0 Å². The highest BCUT2D eigenvalue weighted by molar-refractivity contribution is 7.89. The van der Waals surface area contributed by atoms with Gasteiger partial charge >= 0.3 is 0 Å². The van der Waals surface area contributed by atoms with E-state index < -0.39 is 10.0 Å². The zero-order chi connectivity index (χ0) is 18.1. The Morgan fingerprint density at radius 1 is 1.16 bits per heavy atom. The minimum atomic E-state index is -3.47. The molecular weight excluding hydrogens is 334 g/mol. The first-order chi connectivity index (χ1) is 11.8. The summed E-state index contributed by atoms with van der Waals surface area (Å²) < 4.78 is 27.5. The van der Waals surface area contributed by atoms with E-state index in [-0.39, 0.29) is 5.41 Å². The average Bonchev–Trinajstić information content (AvgIpc) is 2.98. The van der Waals surface area contributed by atoms with Gasteiger partial charge in [-0.15, -0.1) is 0 Å². The van der Waals surface area contributed by atoms with Crippen molar-refractivity contribution < 1.29 is 8.42 Å². The lowest BCUT2D eigenvalue weighted by atomic mass is 9.79. The smallest absolute Gasteiger partial charge is 0.243 e. The molecule has 5 nitrogen and oxygen atoms in total. The van der Waals surface area contributed by atoms with Crippen LogP contribution < -0.4 is 0 Å². The lowest BCUT2D eigenvalue weighted by Crippen LogP contribution is -2.46. The molecule has 2 heterocycles. The van der Waals surface area contributed by atoms with Gasteiger partial charge in [0.2, 0.25) is 10.0 Å². The molecule has 0 amide bonds. The fourth-order valence-corrected chi connectivity index (χ4v) is 5.82. The maximum Gasteiger partial charge on any atom is 0.243 e. The zero-order valence-corrected chi connectivity index (χ0v) is 15.9. The molecule has 1 aromatic rings. The topological polar surface area (TPSA) is 64.4 Å². The van der Waals surface area contributed by atoms with Gasteiger partial charge in [-0.05, 0) is 61.4 Å². The van der Waals surface area contributed by atoms with Crippen LogP contribution in [0.15, 0.2) is 29.2 Å². The van der Waals surface area contributed by atoms with E-state index in [1.54, 1.807) is 28.6 Å². The third kappa shape index (κ3) is 3.89. The molecule has 0 aliphatic carbocycles. The van der Waals surface area contributed by atoms with E-state index in [4.69, 9.17) is 5.26 Å². The number of benzene rings is 1. The number of likely N-dealkylation sites (tertiary alicyclic amines) is 1. The molecule has 3 rings (SSSR count). The number of hydrogen-bond acceptors (Lipinski definition) is 4. The summed E-state index contributed by atoms with van der Waals surface area (Å²) in [5.41, 5.74) is 0.584. The second-order valence-corrected chi connectivity index (χ2v) is 9.90. The molecule has 6 heteroatoms. The maximum absolute atomic E-state index is 12.9. The molecule has 1 spiro atoms. The Hall–Kier alpha value is -1.42. The van der Waals surface area contributed by atoms with Crippen LogP contribution in [-0.2, 0) is 10.0 Å². The number of nitrogens with zero attached hydrogens (tertiary/aromatic N) is 3. The summed E-state index contributed by atoms with van der Waals surface area (Å²) in [6.45, 7) is 8.90. The van der Waals surface area contributed by atoms with Crippen LogP contribution in [0.4, 0.5) is 0 Å². The molecule has 2 saturated heterocycles. The van der Waals surface area contributed by atoms with Crippen LogP contribution in [0.3, 0.4) is 0 Å². The van der Waals surface area contributed by atoms with Gasteiger partial charge in [-0.25, -0.2) is 8.42 Å². The van der Waals surface area contributed by atoms with Gasteiger partial charge in [0.15, 0.2) is 0 Å². The standard InChI is InChI=1S/C19H27N3O2S/c1-16(2)13-21-10-3-8-19(14-21)9-11-22(15-19)25(23,24)18-6-4-17(12-20)5-7-18/h4-7,16H,3,8-11,13-15H2,1-2H3/t19-/m0/s1. The molecule has 136 valence electrons. The van der Waals surface area contributed by atoms with E-state index in [0.29, 0.717) is 29.5 Å². The van der Waals surface area contributed by atoms with Gasteiger partial charge in [0.25, 0.3) is 0 Å². The third-order valence-electron chi connectivity index (χ3n) is 5.39. The van der Waals surface area contributed by atoms with Crippen molar-refractivity contribution in [3.05, 3.63) is 29.8 Å². The number of nitriles is 1. The summed E-state index contributed by atoms with van der Waals surface area (Å²) in [4.78, 5) is 2.80. The van der Waals surface area contributed by atoms with Crippen molar-refractivity contribution in [3.8, 4) is 6.07 Å². The highest BCUT2D eigenvalue weighted by Gasteiger charge is 2.45. The predicted octanol–water partition coefficient (Wildman–Crippen LogP) is 2.69. The van der Waals surface area contributed by atoms with Crippen LogP contribution in [0.1, 0.15) is 38.7 Å². The minimum absolute atomic E-state index is 0.104. The zero-order valence-electron chi connectivity index (χ0n) is 15.1. The lowest BCUT2D eigenvalue weighted by Gasteiger charge is -2.41. The second kappa shape index (κ2) is 7.06. The molecule has 2 fully saturated rings. The summed E-state index contributed by atoms with van der Waals surface area (Å²) >= 11 is 0. The summed E-state index contributed by atoms with van der Waals surface area (Å²) in [6, 6.07) is 8.27. The number of sulfonamides is 1. The van der Waals surface area contributed by atoms with Crippen LogP contribution in [0.25, 0.3) is 0 Å². The Morgan fingerprint density at radius 3 is 2.52 bits per heavy atom. The van der Waals surface area contributed by atoms with Gasteiger partial charge in [0.05, 0.1) is 16.5 Å². The Morgan fingerprint density at radius 2 is 1.88 bits per heavy atom. The van der Waals surface area contributed by atoms with Crippen LogP contribution in [-0.4, -0.2) is 50.3 Å². The molecule has 1 aromatic carbocycles. The molecule has 1 atom stereocenters. The Kier molecular flexibility index (Phi) is 5.19. The van der Waals surface area contributed by atoms with Gasteiger partial charge in [0.1, 0.15) is 0 Å². The van der Waals surface area contributed by atoms with E-state index in [1.165, 1.54) is 0 Å². The molecule has 25 heavy (non-hydrogen) atoms. The first kappa shape index (κ1) is 18.4. The first-order valence-electron chi connectivity index (χ1n) is 9.07. The summed E-state index contributed by atoms with van der Waals surface area (Å²) in [5, 5.41) is 8.88. The van der Waals surface area contributed by atoms with Gasteiger partial charge in [0, 0.05) is 26.2 Å². The van der Waals surface area contributed by atoms with Gasteiger partial charge in [-0.1, -0.05) is 13.8 Å². The molecule has 0 saturated carbocycles. The van der Waals surface area contributed by atoms with Crippen molar-refractivity contribution in [2.45, 2.75) is 38.0 Å². The number of hydrogen-bond donors (Lipinski definition) is 0. The van der Waals surface area contributed by atoms with Crippen molar-refractivity contribution in [2.24, 2.45) is 11.3 Å². The monoisotopic (exact) mass is 361 g/mol. The Labute approximate surface area is 151 Å². The predicted molar refractivity (Wildman–Crippen MR) is 97.5 cm³/mol. The molecule has 2 aliphatic rings. The summed E-state index contributed by atoms with van der Waals surface area (Å²) in [7, 11) is -3.47. The van der Waals surface area contributed by atoms with E-state index >= 15 is 0 Å². The molecular formula is C19H27N3O2S. The van der Waals surface area contributed by atoms with Gasteiger partial charge in [-0.2, -0.15) is 9.57 Å². The normalized spacial score (nSPS) is 25.5. The molecule has 0 radical (unpaired) electrons. The largest absolute Gasteiger partial charge is 0.302 e. The molecule has 0 aromatic heterocycles. The first-order valence-corrected chi connectivity index (χ1v) is 10.5. The van der Waals surface area contributed by atoms with Gasteiger partial charge < -0.3 is 4.90 Å². The second-order valence-electron chi connectivity index (χ2n) is 7.96. The van der Waals surface area contributed by atoms with Crippen LogP contribution >= 0.6 is 0 Å². The average molecular weight is 362 g/mol. The fourth-order valence-electron chi connectivity index (χ4n) is 4.27. The Balaban J connectivity index is 1.73. The van der Waals surface area contributed by atoms with Crippen molar-refractivity contribution in [2.75, 3.05) is 32.7 Å². The van der Waals surface area contributed by atoms with Crippen molar-refractivity contribution in [3.63, 3.8) is 0 Å². The van der Waals surface area contributed by atoms with Gasteiger partial charge in [-0.3, -0.25) is 0 Å². The maximum atomic E-state index is 12.9. The highest BCUT2D eigenvalue weighted by atomic mass is 32.2. The van der Waals surface area contributed by atoms with E-state index in [0.717, 1.165) is 38.9 Å². The third-order valence-corrected chi connectivity index (χ3v) is 7.25. The lowest BCUT2D eigenvalue weighted by molar-refractivity contribution is 0.0897. The van der Waals surface area contributed by atoms with E-state index in [9.17, 15) is 8.42 Å². The van der Waals surface area contributed by atoms with Crippen molar-refractivity contribution in [1.29, 1.82) is 5.26 Å². The van der Waals surface area contributed by atoms with E-state index in [2.05, 4.69) is 18.7 Å². The summed E-state index contributed by atoms with van der Waals surface area (Å²) in [6.07, 6.45) is 3.20. The molecule has 0 unspecified atom stereocenters. The minimum Gasteiger partial charge on any atom is -0.302 e. The van der Waals surface area contributed by atoms with Crippen LogP contribution in [0, 0.1) is 22.7 Å². The van der Waals surface area contributed by atoms with Crippen molar-refractivity contribution in [1.82, 2.24) is 9.21 Å². The Bertz CT molecular complexity index is 752. The molecule has 0 N–H and O–H groups in total. The molecule has 0 bridgehead atoms. The fraction of sp³-hybridized carbons (Fsp3) is 0.632. The van der Waals surface area contributed by atoms with Crippen LogP contribution in [0.5, 0.6) is 0 Å². The quantitative estimate of drug-likeness (QED) is 0.827. The number of piperidine rings is 1. The number of rotatable bonds is 4. The van der Waals surface area contributed by atoms with E-state index in [1.807, 2.05) is 6.07 Å². The highest BCUT2D eigenvalue weighted by Crippen LogP contribution is 2.41. The van der Waals surface area contributed by atoms with Crippen molar-refractivity contribution >= 4 is 10.0 Å².